The van der Waals surface area contributed by atoms with Crippen molar-refractivity contribution in [3.8, 4) is 0 Å². The first kappa shape index (κ1) is 14.3. The minimum absolute atomic E-state index is 0.0174. The number of nitrogens with one attached hydrogen (secondary N) is 2. The van der Waals surface area contributed by atoms with Crippen molar-refractivity contribution in [1.82, 2.24) is 10.2 Å². The van der Waals surface area contributed by atoms with Crippen LogP contribution in [0.4, 0.5) is 11.4 Å². The highest BCUT2D eigenvalue weighted by atomic mass is 16.2. The molecule has 2 amide bonds. The summed E-state index contributed by atoms with van der Waals surface area (Å²) >= 11 is 0. The van der Waals surface area contributed by atoms with Gasteiger partial charge in [0.25, 0.3) is 0 Å². The van der Waals surface area contributed by atoms with E-state index in [4.69, 9.17) is 5.73 Å². The Hall–Kier alpha value is -2.08. The van der Waals surface area contributed by atoms with E-state index in [0.29, 0.717) is 25.2 Å². The van der Waals surface area contributed by atoms with Crippen LogP contribution in [-0.4, -0.2) is 42.9 Å². The van der Waals surface area contributed by atoms with E-state index in [0.717, 1.165) is 25.2 Å². The van der Waals surface area contributed by atoms with Gasteiger partial charge in [-0.3, -0.25) is 14.5 Å². The lowest BCUT2D eigenvalue weighted by atomic mass is 10.2. The number of carbonyl (C=O) groups excluding carboxylic acids is 2. The first-order chi connectivity index (χ1) is 9.63. The number of carbonyl (C=O) groups is 2. The zero-order valence-corrected chi connectivity index (χ0v) is 11.4. The zero-order chi connectivity index (χ0) is 14.4. The molecule has 1 aliphatic rings. The number of anilines is 2. The molecule has 0 radical (unpaired) electrons. The molecule has 1 aromatic carbocycles. The summed E-state index contributed by atoms with van der Waals surface area (Å²) in [4.78, 5) is 25.0. The Bertz CT molecular complexity index is 473. The van der Waals surface area contributed by atoms with E-state index < -0.39 is 0 Å². The van der Waals surface area contributed by atoms with Gasteiger partial charge in [-0.2, -0.15) is 0 Å². The van der Waals surface area contributed by atoms with Gasteiger partial charge in [0.1, 0.15) is 0 Å². The van der Waals surface area contributed by atoms with Crippen LogP contribution in [0.15, 0.2) is 24.3 Å². The van der Waals surface area contributed by atoms with Crippen molar-refractivity contribution >= 4 is 23.2 Å². The molecule has 0 unspecified atom stereocenters. The van der Waals surface area contributed by atoms with Crippen molar-refractivity contribution in [3.05, 3.63) is 24.3 Å². The van der Waals surface area contributed by atoms with Gasteiger partial charge in [-0.1, -0.05) is 0 Å². The Morgan fingerprint density at radius 3 is 2.80 bits per heavy atom. The molecule has 0 aromatic heterocycles. The number of nitrogens with two attached hydrogens (primary N) is 1. The molecule has 1 aromatic rings. The van der Waals surface area contributed by atoms with Crippen molar-refractivity contribution in [3.63, 3.8) is 0 Å². The maximum atomic E-state index is 11.8. The van der Waals surface area contributed by atoms with E-state index in [9.17, 15) is 9.59 Å². The maximum Gasteiger partial charge on any atom is 0.234 e. The molecule has 1 heterocycles. The quantitative estimate of drug-likeness (QED) is 0.680. The fraction of sp³-hybridized carbons (Fsp3) is 0.429. The normalized spacial score (nSPS) is 15.7. The van der Waals surface area contributed by atoms with Crippen LogP contribution in [0, 0.1) is 0 Å². The lowest BCUT2D eigenvalue weighted by Crippen LogP contribution is -2.47. The highest BCUT2D eigenvalue weighted by molar-refractivity contribution is 5.90. The van der Waals surface area contributed by atoms with Crippen molar-refractivity contribution in [2.75, 3.05) is 37.2 Å². The van der Waals surface area contributed by atoms with Crippen molar-refractivity contribution in [2.45, 2.75) is 12.8 Å². The van der Waals surface area contributed by atoms with Gasteiger partial charge < -0.3 is 16.4 Å². The first-order valence-electron chi connectivity index (χ1n) is 6.78. The van der Waals surface area contributed by atoms with Crippen molar-refractivity contribution in [2.24, 2.45) is 0 Å². The minimum Gasteiger partial charge on any atom is -0.399 e. The van der Waals surface area contributed by atoms with E-state index in [2.05, 4.69) is 15.5 Å². The predicted molar refractivity (Wildman–Crippen MR) is 78.2 cm³/mol. The second-order valence-corrected chi connectivity index (χ2v) is 4.90. The molecule has 108 valence electrons. The standard InChI is InChI=1S/C14H20N4O2/c15-11-3-5-12(6-4-11)17-13(19)2-1-8-18-9-7-16-14(20)10-18/h3-6H,1-2,7-10,15H2,(H,16,20)(H,17,19). The van der Waals surface area contributed by atoms with Gasteiger partial charge >= 0.3 is 0 Å². The van der Waals surface area contributed by atoms with Gasteiger partial charge in [0.05, 0.1) is 6.54 Å². The van der Waals surface area contributed by atoms with Crippen LogP contribution in [0.25, 0.3) is 0 Å². The number of nitrogens with zero attached hydrogens (tertiary/aromatic N) is 1. The fourth-order valence-electron chi connectivity index (χ4n) is 2.14. The van der Waals surface area contributed by atoms with Crippen molar-refractivity contribution in [1.29, 1.82) is 0 Å². The van der Waals surface area contributed by atoms with Crippen LogP contribution in [0.1, 0.15) is 12.8 Å². The largest absolute Gasteiger partial charge is 0.399 e. The Kier molecular flexibility index (Phi) is 4.95. The number of hydrogen-bond acceptors (Lipinski definition) is 4. The molecule has 0 atom stereocenters. The van der Waals surface area contributed by atoms with E-state index >= 15 is 0 Å². The summed E-state index contributed by atoms with van der Waals surface area (Å²) in [6, 6.07) is 7.06. The number of rotatable bonds is 5. The van der Waals surface area contributed by atoms with Gasteiger partial charge in [-0.05, 0) is 37.2 Å². The summed E-state index contributed by atoms with van der Waals surface area (Å²) in [6.45, 7) is 2.74. The monoisotopic (exact) mass is 276 g/mol. The molecular formula is C14H20N4O2. The minimum atomic E-state index is -0.0174. The van der Waals surface area contributed by atoms with Crippen LogP contribution in [0.2, 0.25) is 0 Å². The highest BCUT2D eigenvalue weighted by Gasteiger charge is 2.15. The van der Waals surface area contributed by atoms with Crippen LogP contribution in [-0.2, 0) is 9.59 Å². The third-order valence-electron chi connectivity index (χ3n) is 3.19. The van der Waals surface area contributed by atoms with Crippen LogP contribution >= 0.6 is 0 Å². The molecule has 0 aliphatic carbocycles. The molecule has 0 bridgehead atoms. The molecule has 4 N–H and O–H groups in total. The van der Waals surface area contributed by atoms with E-state index in [1.54, 1.807) is 24.3 Å². The molecule has 1 aliphatic heterocycles. The summed E-state index contributed by atoms with van der Waals surface area (Å²) in [5.74, 6) is 0.0406. The predicted octanol–water partition coefficient (Wildman–Crippen LogP) is 0.419. The highest BCUT2D eigenvalue weighted by Crippen LogP contribution is 2.11. The molecule has 1 saturated heterocycles. The third-order valence-corrected chi connectivity index (χ3v) is 3.19. The molecule has 1 fully saturated rings. The molecule has 0 saturated carbocycles. The molecule has 0 spiro atoms. The molecular weight excluding hydrogens is 256 g/mol. The number of benzene rings is 1. The third kappa shape index (κ3) is 4.55. The van der Waals surface area contributed by atoms with Gasteiger partial charge in [0, 0.05) is 30.9 Å². The lowest BCUT2D eigenvalue weighted by molar-refractivity contribution is -0.124. The van der Waals surface area contributed by atoms with Gasteiger partial charge in [0.2, 0.25) is 11.8 Å². The summed E-state index contributed by atoms with van der Waals surface area (Å²) in [7, 11) is 0. The Morgan fingerprint density at radius 2 is 2.10 bits per heavy atom. The van der Waals surface area contributed by atoms with Crippen molar-refractivity contribution < 1.29 is 9.59 Å². The van der Waals surface area contributed by atoms with Gasteiger partial charge in [0.15, 0.2) is 0 Å². The molecule has 2 rings (SSSR count). The smallest absolute Gasteiger partial charge is 0.234 e. The van der Waals surface area contributed by atoms with E-state index in [1.807, 2.05) is 0 Å². The lowest BCUT2D eigenvalue weighted by Gasteiger charge is -2.26. The molecule has 20 heavy (non-hydrogen) atoms. The summed E-state index contributed by atoms with van der Waals surface area (Å²) in [5, 5.41) is 5.60. The summed E-state index contributed by atoms with van der Waals surface area (Å²) < 4.78 is 0. The number of piperazine rings is 1. The Balaban J connectivity index is 1.67. The second kappa shape index (κ2) is 6.91. The fourth-order valence-corrected chi connectivity index (χ4v) is 2.14. The molecule has 6 heteroatoms. The van der Waals surface area contributed by atoms with E-state index in [-0.39, 0.29) is 11.8 Å². The number of hydrogen-bond donors (Lipinski definition) is 3. The van der Waals surface area contributed by atoms with Gasteiger partial charge in [-0.15, -0.1) is 0 Å². The molecule has 6 nitrogen and oxygen atoms in total. The SMILES string of the molecule is Nc1ccc(NC(=O)CCCN2CCNC(=O)C2)cc1. The topological polar surface area (TPSA) is 87.5 Å². The van der Waals surface area contributed by atoms with Gasteiger partial charge in [-0.25, -0.2) is 0 Å². The Labute approximate surface area is 118 Å². The maximum absolute atomic E-state index is 11.8. The average Bonchev–Trinajstić information content (AvgIpc) is 2.41. The van der Waals surface area contributed by atoms with Crippen LogP contribution in [0.5, 0.6) is 0 Å². The Morgan fingerprint density at radius 1 is 1.35 bits per heavy atom. The number of nitrogen functional groups attached to an aromatic ring is 1. The summed E-state index contributed by atoms with van der Waals surface area (Å²) in [5.41, 5.74) is 7.00. The van der Waals surface area contributed by atoms with Crippen LogP contribution < -0.4 is 16.4 Å². The first-order valence-corrected chi connectivity index (χ1v) is 6.78. The zero-order valence-electron chi connectivity index (χ0n) is 11.4. The van der Waals surface area contributed by atoms with E-state index in [1.165, 1.54) is 0 Å². The summed E-state index contributed by atoms with van der Waals surface area (Å²) in [6.07, 6.45) is 1.19. The second-order valence-electron chi connectivity index (χ2n) is 4.90. The average molecular weight is 276 g/mol. The number of amides is 2. The van der Waals surface area contributed by atoms with Crippen LogP contribution in [0.3, 0.4) is 0 Å².